The second-order valence-electron chi connectivity index (χ2n) is 7.01. The van der Waals surface area contributed by atoms with Crippen molar-refractivity contribution in [1.82, 2.24) is 9.88 Å². The minimum absolute atomic E-state index is 0.107. The lowest BCUT2D eigenvalue weighted by atomic mass is 10.2. The number of aromatic nitrogens is 1. The van der Waals surface area contributed by atoms with Crippen LogP contribution in [0.3, 0.4) is 0 Å². The summed E-state index contributed by atoms with van der Waals surface area (Å²) in [4.78, 5) is 31.2. The van der Waals surface area contributed by atoms with Crippen LogP contribution in [0, 0.1) is 17.0 Å². The molecule has 0 amide bonds. The van der Waals surface area contributed by atoms with Crippen LogP contribution < -0.4 is 15.8 Å². The Labute approximate surface area is 181 Å². The molecule has 0 spiro atoms. The topological polar surface area (TPSA) is 91.6 Å². The van der Waals surface area contributed by atoms with Crippen molar-refractivity contribution in [1.29, 1.82) is 0 Å². The number of hydrogen-bond donors (Lipinski definition) is 1. The van der Waals surface area contributed by atoms with Gasteiger partial charge in [-0.25, -0.2) is 0 Å². The second-order valence-corrected chi connectivity index (χ2v) is 8.41. The molecule has 1 fully saturated rings. The van der Waals surface area contributed by atoms with Crippen molar-refractivity contribution in [3.8, 4) is 0 Å². The zero-order valence-electron chi connectivity index (χ0n) is 16.2. The first-order valence-electron chi connectivity index (χ1n) is 9.37. The molecule has 1 N–H and O–H groups in total. The van der Waals surface area contributed by atoms with E-state index in [0.29, 0.717) is 41.1 Å². The van der Waals surface area contributed by atoms with E-state index >= 15 is 0 Å². The van der Waals surface area contributed by atoms with Crippen molar-refractivity contribution < 1.29 is 4.92 Å². The summed E-state index contributed by atoms with van der Waals surface area (Å²) in [5.41, 5.74) is 1.60. The Morgan fingerprint density at radius 3 is 2.53 bits per heavy atom. The van der Waals surface area contributed by atoms with Crippen LogP contribution in [0.4, 0.5) is 16.5 Å². The highest BCUT2D eigenvalue weighted by molar-refractivity contribution is 7.80. The van der Waals surface area contributed by atoms with Gasteiger partial charge in [-0.1, -0.05) is 29.0 Å². The monoisotopic (exact) mass is 441 g/mol. The molecule has 0 radical (unpaired) electrons. The molecule has 2 aromatic carbocycles. The van der Waals surface area contributed by atoms with Gasteiger partial charge in [-0.2, -0.15) is 4.98 Å². The summed E-state index contributed by atoms with van der Waals surface area (Å²) in [5.74, 6) is 0. The summed E-state index contributed by atoms with van der Waals surface area (Å²) in [5, 5.41) is 15.8. The van der Waals surface area contributed by atoms with Crippen molar-refractivity contribution >= 4 is 55.3 Å². The summed E-state index contributed by atoms with van der Waals surface area (Å²) in [6, 6.07) is 12.4. The van der Waals surface area contributed by atoms with E-state index in [2.05, 4.69) is 20.1 Å². The predicted molar refractivity (Wildman–Crippen MR) is 124 cm³/mol. The molecule has 0 bridgehead atoms. The number of nitro benzene ring substituents is 1. The lowest BCUT2D eigenvalue weighted by molar-refractivity contribution is -0.384. The van der Waals surface area contributed by atoms with Gasteiger partial charge in [0, 0.05) is 48.7 Å². The van der Waals surface area contributed by atoms with Gasteiger partial charge in [0.15, 0.2) is 10.2 Å². The molecule has 0 unspecified atom stereocenters. The van der Waals surface area contributed by atoms with Crippen molar-refractivity contribution in [2.24, 2.45) is 0 Å². The third-order valence-electron chi connectivity index (χ3n) is 4.94. The Kier molecular flexibility index (Phi) is 5.60. The molecule has 1 aliphatic rings. The molecule has 4 rings (SSSR count). The highest BCUT2D eigenvalue weighted by Crippen LogP contribution is 2.27. The summed E-state index contributed by atoms with van der Waals surface area (Å²) in [6.45, 7) is 4.81. The minimum atomic E-state index is -0.510. The van der Waals surface area contributed by atoms with Gasteiger partial charge in [-0.3, -0.25) is 14.9 Å². The molecule has 0 atom stereocenters. The molecule has 1 aromatic heterocycles. The molecule has 1 aliphatic heterocycles. The lowest BCUT2D eigenvalue weighted by Crippen LogP contribution is -2.50. The van der Waals surface area contributed by atoms with Crippen molar-refractivity contribution in [3.63, 3.8) is 0 Å². The zero-order valence-corrected chi connectivity index (χ0v) is 17.8. The van der Waals surface area contributed by atoms with E-state index < -0.39 is 10.5 Å². The Hall–Kier alpha value is -3.11. The minimum Gasteiger partial charge on any atom is -0.345 e. The number of fused-ring (bicyclic) bond motifs is 1. The molecule has 1 saturated heterocycles. The Bertz CT molecular complexity index is 1170. The zero-order chi connectivity index (χ0) is 21.3. The van der Waals surface area contributed by atoms with Gasteiger partial charge in [0.1, 0.15) is 0 Å². The first-order chi connectivity index (χ1) is 14.4. The first kappa shape index (κ1) is 20.2. The maximum atomic E-state index is 12.4. The number of hydrogen-bond acceptors (Lipinski definition) is 7. The van der Waals surface area contributed by atoms with E-state index in [1.54, 1.807) is 6.07 Å². The second kappa shape index (κ2) is 8.33. The number of piperazine rings is 1. The van der Waals surface area contributed by atoms with E-state index in [0.717, 1.165) is 5.69 Å². The third kappa shape index (κ3) is 4.24. The highest BCUT2D eigenvalue weighted by Gasteiger charge is 2.22. The predicted octanol–water partition coefficient (Wildman–Crippen LogP) is 3.39. The van der Waals surface area contributed by atoms with Crippen LogP contribution in [-0.2, 0) is 0 Å². The standard InChI is InChI=1S/C20H19N5O3S2/c1-13-2-4-14(5-3-13)21-19(29)23-8-10-24(11-9-23)20-22-18(26)16-12-15(25(27)28)6-7-17(16)30-20/h2-7,12H,8-11H2,1H3,(H,21,29). The maximum Gasteiger partial charge on any atom is 0.281 e. The molecule has 0 saturated carbocycles. The van der Waals surface area contributed by atoms with Crippen molar-refractivity contribution in [3.05, 3.63) is 68.5 Å². The van der Waals surface area contributed by atoms with Gasteiger partial charge in [-0.15, -0.1) is 0 Å². The fraction of sp³-hybridized carbons (Fsp3) is 0.250. The first-order valence-corrected chi connectivity index (χ1v) is 10.6. The van der Waals surface area contributed by atoms with Gasteiger partial charge < -0.3 is 15.1 Å². The Morgan fingerprint density at radius 1 is 1.17 bits per heavy atom. The SMILES string of the molecule is Cc1ccc(NC(=S)N2CCN(c3nc(=O)c4cc([N+](=O)[O-])ccc4s3)CC2)cc1. The van der Waals surface area contributed by atoms with E-state index in [-0.39, 0.29) is 11.1 Å². The quantitative estimate of drug-likeness (QED) is 0.376. The Morgan fingerprint density at radius 2 is 1.87 bits per heavy atom. The number of nitrogens with one attached hydrogen (secondary N) is 1. The molecule has 10 heteroatoms. The van der Waals surface area contributed by atoms with E-state index in [9.17, 15) is 14.9 Å². The molecule has 8 nitrogen and oxygen atoms in total. The average Bonchev–Trinajstić information content (AvgIpc) is 2.75. The van der Waals surface area contributed by atoms with Crippen molar-refractivity contribution in [2.75, 3.05) is 36.4 Å². The number of non-ortho nitro benzene ring substituents is 1. The molecule has 2 heterocycles. The molecule has 3 aromatic rings. The molecular formula is C20H19N5O3S2. The summed E-state index contributed by atoms with van der Waals surface area (Å²) in [6.07, 6.45) is 0. The molecule has 0 aliphatic carbocycles. The molecule has 154 valence electrons. The Balaban J connectivity index is 1.44. The number of anilines is 2. The largest absolute Gasteiger partial charge is 0.345 e. The fourth-order valence-corrected chi connectivity index (χ4v) is 4.56. The van der Waals surface area contributed by atoms with Gasteiger partial charge in [0.25, 0.3) is 11.2 Å². The number of nitrogens with zero attached hydrogens (tertiary/aromatic N) is 4. The van der Waals surface area contributed by atoms with Crippen LogP contribution in [0.1, 0.15) is 5.56 Å². The van der Waals surface area contributed by atoms with Crippen LogP contribution >= 0.6 is 23.6 Å². The number of benzene rings is 2. The van der Waals surface area contributed by atoms with Crippen LogP contribution in [0.15, 0.2) is 47.3 Å². The normalized spacial score (nSPS) is 14.0. The number of nitro groups is 1. The van der Waals surface area contributed by atoms with Gasteiger partial charge in [0.2, 0.25) is 0 Å². The van der Waals surface area contributed by atoms with Gasteiger partial charge >= 0.3 is 0 Å². The lowest BCUT2D eigenvalue weighted by Gasteiger charge is -2.36. The summed E-state index contributed by atoms with van der Waals surface area (Å²) in [7, 11) is 0. The maximum absolute atomic E-state index is 12.4. The summed E-state index contributed by atoms with van der Waals surface area (Å²) < 4.78 is 0.689. The van der Waals surface area contributed by atoms with Crippen LogP contribution in [-0.4, -0.2) is 46.1 Å². The summed E-state index contributed by atoms with van der Waals surface area (Å²) >= 11 is 6.91. The van der Waals surface area contributed by atoms with Crippen LogP contribution in [0.25, 0.3) is 10.1 Å². The smallest absolute Gasteiger partial charge is 0.281 e. The van der Waals surface area contributed by atoms with Crippen LogP contribution in [0.5, 0.6) is 0 Å². The van der Waals surface area contributed by atoms with E-state index in [1.165, 1.54) is 29.0 Å². The third-order valence-corrected chi connectivity index (χ3v) is 6.41. The van der Waals surface area contributed by atoms with Crippen molar-refractivity contribution in [2.45, 2.75) is 6.92 Å². The highest BCUT2D eigenvalue weighted by atomic mass is 32.1. The molecule has 30 heavy (non-hydrogen) atoms. The van der Waals surface area contributed by atoms with Crippen LogP contribution in [0.2, 0.25) is 0 Å². The number of rotatable bonds is 3. The van der Waals surface area contributed by atoms with Gasteiger partial charge in [0.05, 0.1) is 10.3 Å². The molecular weight excluding hydrogens is 422 g/mol. The van der Waals surface area contributed by atoms with Gasteiger partial charge in [-0.05, 0) is 37.3 Å². The number of thiocarbonyl (C=S) groups is 1. The van der Waals surface area contributed by atoms with E-state index in [1.807, 2.05) is 31.2 Å². The fourth-order valence-electron chi connectivity index (χ4n) is 3.23. The number of aryl methyl sites for hydroxylation is 1. The average molecular weight is 442 g/mol. The van der Waals surface area contributed by atoms with E-state index in [4.69, 9.17) is 12.2 Å².